The molecule has 4 aromatic rings. The van der Waals surface area contributed by atoms with E-state index in [-0.39, 0.29) is 11.8 Å². The predicted octanol–water partition coefficient (Wildman–Crippen LogP) is 4.03. The van der Waals surface area contributed by atoms with Crippen molar-refractivity contribution in [2.24, 2.45) is 0 Å². The van der Waals surface area contributed by atoms with Crippen molar-refractivity contribution < 1.29 is 9.59 Å². The van der Waals surface area contributed by atoms with Crippen LogP contribution in [0.25, 0.3) is 31.9 Å². The van der Waals surface area contributed by atoms with E-state index in [0.717, 1.165) is 21.5 Å². The highest BCUT2D eigenvalue weighted by molar-refractivity contribution is 7.14. The van der Waals surface area contributed by atoms with Crippen LogP contribution in [0.4, 0.5) is 0 Å². The molecule has 5 rings (SSSR count). The smallest absolute Gasteiger partial charge is 0.259 e. The van der Waals surface area contributed by atoms with E-state index in [0.29, 0.717) is 33.3 Å². The molecule has 4 heterocycles. The third-order valence-electron chi connectivity index (χ3n) is 3.93. The topological polar surface area (TPSA) is 72.0 Å². The van der Waals surface area contributed by atoms with Gasteiger partial charge in [-0.05, 0) is 22.9 Å². The van der Waals surface area contributed by atoms with Crippen molar-refractivity contribution >= 4 is 57.2 Å². The number of carbonyl (C=O) groups is 2. The second-order valence-corrected chi connectivity index (χ2v) is 7.62. The number of hydrogen-bond acceptors (Lipinski definition) is 7. The van der Waals surface area contributed by atoms with Gasteiger partial charge in [-0.1, -0.05) is 12.1 Å². The van der Waals surface area contributed by atoms with Crippen LogP contribution in [0.15, 0.2) is 35.0 Å². The van der Waals surface area contributed by atoms with Crippen molar-refractivity contribution in [2.45, 2.75) is 0 Å². The SMILES string of the molecule is O=C1NC(=O)c2c1c(-c1cccs1)c1nsnc1c2-c1cccs1. The molecule has 0 radical (unpaired) electrons. The molecule has 2 amide bonds. The summed E-state index contributed by atoms with van der Waals surface area (Å²) in [5, 5.41) is 6.31. The van der Waals surface area contributed by atoms with Gasteiger partial charge in [-0.3, -0.25) is 14.9 Å². The van der Waals surface area contributed by atoms with E-state index in [1.54, 1.807) is 0 Å². The molecule has 1 aliphatic rings. The molecule has 1 aliphatic heterocycles. The summed E-state index contributed by atoms with van der Waals surface area (Å²) in [4.78, 5) is 26.8. The Morgan fingerprint density at radius 1 is 0.750 bits per heavy atom. The maximum atomic E-state index is 12.5. The molecule has 116 valence electrons. The van der Waals surface area contributed by atoms with E-state index in [2.05, 4.69) is 14.1 Å². The Balaban J connectivity index is 2.02. The summed E-state index contributed by atoms with van der Waals surface area (Å²) in [5.41, 5.74) is 3.57. The van der Waals surface area contributed by atoms with Crippen LogP contribution in [0.3, 0.4) is 0 Å². The highest BCUT2D eigenvalue weighted by Gasteiger charge is 2.37. The molecular formula is C16H7N3O2S3. The molecule has 0 fully saturated rings. The summed E-state index contributed by atoms with van der Waals surface area (Å²) in [6, 6.07) is 7.69. The Kier molecular flexibility index (Phi) is 2.93. The fourth-order valence-corrected chi connectivity index (χ4v) is 5.12. The molecule has 0 saturated carbocycles. The first-order valence-corrected chi connectivity index (χ1v) is 9.50. The molecule has 8 heteroatoms. The minimum absolute atomic E-state index is 0.369. The Hall–Kier alpha value is -2.42. The van der Waals surface area contributed by atoms with Crippen LogP contribution in [-0.4, -0.2) is 20.6 Å². The minimum Gasteiger partial charge on any atom is -0.288 e. The number of fused-ring (bicyclic) bond motifs is 2. The molecule has 0 saturated heterocycles. The van der Waals surface area contributed by atoms with Gasteiger partial charge in [-0.2, -0.15) is 8.75 Å². The van der Waals surface area contributed by atoms with E-state index in [4.69, 9.17) is 0 Å². The van der Waals surface area contributed by atoms with Gasteiger partial charge in [0.25, 0.3) is 11.8 Å². The van der Waals surface area contributed by atoms with Gasteiger partial charge in [0.15, 0.2) is 0 Å². The van der Waals surface area contributed by atoms with Gasteiger partial charge >= 0.3 is 0 Å². The first-order chi connectivity index (χ1) is 11.8. The fourth-order valence-electron chi connectivity index (χ4n) is 3.01. The molecule has 5 nitrogen and oxygen atoms in total. The number of thiophene rings is 2. The zero-order valence-corrected chi connectivity index (χ0v) is 14.3. The summed E-state index contributed by atoms with van der Waals surface area (Å²) >= 11 is 4.13. The summed E-state index contributed by atoms with van der Waals surface area (Å²) in [6.45, 7) is 0. The lowest BCUT2D eigenvalue weighted by Crippen LogP contribution is -2.20. The van der Waals surface area contributed by atoms with Crippen LogP contribution < -0.4 is 5.32 Å². The van der Waals surface area contributed by atoms with Crippen LogP contribution in [0.2, 0.25) is 0 Å². The summed E-state index contributed by atoms with van der Waals surface area (Å²) in [7, 11) is 0. The fraction of sp³-hybridized carbons (Fsp3) is 0. The maximum Gasteiger partial charge on any atom is 0.259 e. The number of rotatable bonds is 2. The van der Waals surface area contributed by atoms with Gasteiger partial charge in [0.1, 0.15) is 11.0 Å². The standard InChI is InChI=1S/C16H7N3O2S3/c20-15-11-9(7-3-1-5-22-7)13-14(19-24-18-13)10(8-4-2-6-23-8)12(11)16(21)17-15/h1-6H,(H,17,20,21). The lowest BCUT2D eigenvalue weighted by atomic mass is 9.93. The van der Waals surface area contributed by atoms with Gasteiger partial charge in [-0.15, -0.1) is 22.7 Å². The number of amides is 2. The third-order valence-corrected chi connectivity index (χ3v) is 6.23. The van der Waals surface area contributed by atoms with E-state index in [1.807, 2.05) is 35.0 Å². The predicted molar refractivity (Wildman–Crippen MR) is 95.8 cm³/mol. The molecule has 0 aliphatic carbocycles. The highest BCUT2D eigenvalue weighted by Crippen LogP contribution is 2.44. The number of hydrogen-bond donors (Lipinski definition) is 1. The molecule has 0 bridgehead atoms. The number of nitrogens with one attached hydrogen (secondary N) is 1. The van der Waals surface area contributed by atoms with Crippen LogP contribution in [0.1, 0.15) is 20.7 Å². The average molecular weight is 369 g/mol. The van der Waals surface area contributed by atoms with E-state index in [1.165, 1.54) is 22.7 Å². The van der Waals surface area contributed by atoms with Crippen LogP contribution >= 0.6 is 34.4 Å². The molecule has 0 unspecified atom stereocenters. The van der Waals surface area contributed by atoms with Crippen molar-refractivity contribution in [1.29, 1.82) is 0 Å². The van der Waals surface area contributed by atoms with Gasteiger partial charge in [0.05, 0.1) is 22.9 Å². The van der Waals surface area contributed by atoms with Crippen LogP contribution in [0, 0.1) is 0 Å². The van der Waals surface area contributed by atoms with Crippen molar-refractivity contribution in [3.05, 3.63) is 46.2 Å². The molecule has 0 spiro atoms. The second kappa shape index (κ2) is 5.04. The summed E-state index contributed by atoms with van der Waals surface area (Å²) in [5.74, 6) is -0.739. The Morgan fingerprint density at radius 2 is 1.25 bits per heavy atom. The number of aromatic nitrogens is 2. The highest BCUT2D eigenvalue weighted by atomic mass is 32.1. The molecule has 1 N–H and O–H groups in total. The minimum atomic E-state index is -0.369. The van der Waals surface area contributed by atoms with E-state index < -0.39 is 0 Å². The van der Waals surface area contributed by atoms with E-state index in [9.17, 15) is 9.59 Å². The van der Waals surface area contributed by atoms with E-state index >= 15 is 0 Å². The molecule has 3 aromatic heterocycles. The quantitative estimate of drug-likeness (QED) is 0.542. The Labute approximate surface area is 147 Å². The maximum absolute atomic E-state index is 12.5. The summed E-state index contributed by atoms with van der Waals surface area (Å²) < 4.78 is 8.87. The van der Waals surface area contributed by atoms with Gasteiger partial charge in [0.2, 0.25) is 0 Å². The van der Waals surface area contributed by atoms with Gasteiger partial charge in [-0.25, -0.2) is 0 Å². The first kappa shape index (κ1) is 14.0. The first-order valence-electron chi connectivity index (χ1n) is 7.01. The Bertz CT molecular complexity index is 1030. The molecule has 24 heavy (non-hydrogen) atoms. The third kappa shape index (κ3) is 1.78. The van der Waals surface area contributed by atoms with Crippen molar-refractivity contribution in [3.8, 4) is 20.9 Å². The van der Waals surface area contributed by atoms with Crippen LogP contribution in [0.5, 0.6) is 0 Å². The summed E-state index contributed by atoms with van der Waals surface area (Å²) in [6.07, 6.45) is 0. The zero-order valence-electron chi connectivity index (χ0n) is 11.9. The normalized spacial score (nSPS) is 13.5. The molecule has 1 aromatic carbocycles. The second-order valence-electron chi connectivity index (χ2n) is 5.20. The zero-order chi connectivity index (χ0) is 16.3. The molecular weight excluding hydrogens is 362 g/mol. The molecule has 0 atom stereocenters. The number of nitrogens with zero attached hydrogens (tertiary/aromatic N) is 2. The lowest BCUT2D eigenvalue weighted by molar-refractivity contribution is 0.0880. The van der Waals surface area contributed by atoms with Crippen molar-refractivity contribution in [1.82, 2.24) is 14.1 Å². The van der Waals surface area contributed by atoms with Gasteiger partial charge in [0, 0.05) is 20.9 Å². The van der Waals surface area contributed by atoms with Crippen LogP contribution in [-0.2, 0) is 0 Å². The number of imide groups is 1. The number of carbonyl (C=O) groups excluding carboxylic acids is 2. The average Bonchev–Trinajstić information content (AvgIpc) is 3.35. The lowest BCUT2D eigenvalue weighted by Gasteiger charge is -2.10. The van der Waals surface area contributed by atoms with Gasteiger partial charge < -0.3 is 0 Å². The Morgan fingerprint density at radius 3 is 1.67 bits per heavy atom. The van der Waals surface area contributed by atoms with Crippen molar-refractivity contribution in [3.63, 3.8) is 0 Å². The van der Waals surface area contributed by atoms with Crippen molar-refractivity contribution in [2.75, 3.05) is 0 Å². The number of benzene rings is 1. The monoisotopic (exact) mass is 369 g/mol. The largest absolute Gasteiger partial charge is 0.288 e.